The van der Waals surface area contributed by atoms with Gasteiger partial charge in [-0.05, 0) is 30.2 Å². The number of rotatable bonds is 6. The highest BCUT2D eigenvalue weighted by Crippen LogP contribution is 2.57. The van der Waals surface area contributed by atoms with Crippen LogP contribution in [0.4, 0.5) is 0 Å². The van der Waals surface area contributed by atoms with E-state index in [0.29, 0.717) is 11.8 Å². The van der Waals surface area contributed by atoms with Gasteiger partial charge in [-0.3, -0.25) is 4.79 Å². The van der Waals surface area contributed by atoms with Crippen LogP contribution >= 0.6 is 0 Å². The highest BCUT2D eigenvalue weighted by molar-refractivity contribution is 5.83. The summed E-state index contributed by atoms with van der Waals surface area (Å²) in [6, 6.07) is 9.27. The fraction of sp³-hybridized carbons (Fsp3) is 0.529. The predicted molar refractivity (Wildman–Crippen MR) is 79.6 cm³/mol. The highest BCUT2D eigenvalue weighted by atomic mass is 16.5. The van der Waals surface area contributed by atoms with E-state index in [1.807, 2.05) is 30.3 Å². The van der Waals surface area contributed by atoms with E-state index in [1.165, 1.54) is 6.42 Å². The van der Waals surface area contributed by atoms with Crippen molar-refractivity contribution in [2.24, 2.45) is 17.8 Å². The normalized spacial score (nSPS) is 26.9. The Kier molecular flexibility index (Phi) is 4.43. The average molecular weight is 303 g/mol. The minimum absolute atomic E-state index is 0.0374. The third-order valence-electron chi connectivity index (χ3n) is 4.67. The van der Waals surface area contributed by atoms with Gasteiger partial charge in [0, 0.05) is 5.92 Å². The van der Waals surface area contributed by atoms with Crippen LogP contribution < -0.4 is 5.32 Å². The van der Waals surface area contributed by atoms with Crippen molar-refractivity contribution >= 4 is 11.9 Å². The minimum atomic E-state index is -1.31. The van der Waals surface area contributed by atoms with E-state index in [9.17, 15) is 14.7 Å². The van der Waals surface area contributed by atoms with E-state index in [-0.39, 0.29) is 25.0 Å². The molecular weight excluding hydrogens is 282 g/mol. The molecule has 0 aliphatic heterocycles. The summed E-state index contributed by atoms with van der Waals surface area (Å²) in [5, 5.41) is 12.4. The number of benzene rings is 1. The maximum absolute atomic E-state index is 12.0. The Morgan fingerprint density at radius 2 is 1.91 bits per heavy atom. The molecule has 5 heteroatoms. The van der Waals surface area contributed by atoms with Gasteiger partial charge in [-0.15, -0.1) is 0 Å². The van der Waals surface area contributed by atoms with Crippen LogP contribution in [0.3, 0.4) is 0 Å². The zero-order valence-electron chi connectivity index (χ0n) is 12.4. The SMILES string of the molecule is O=C(NC[C@@H](O)C(=O)OCc1ccccc1)C1[C@H]2CCC[C@H]12. The molecule has 1 aromatic carbocycles. The van der Waals surface area contributed by atoms with Gasteiger partial charge in [-0.25, -0.2) is 4.79 Å². The number of nitrogens with one attached hydrogen (secondary N) is 1. The first-order valence-electron chi connectivity index (χ1n) is 7.83. The van der Waals surface area contributed by atoms with Gasteiger partial charge in [-0.2, -0.15) is 0 Å². The van der Waals surface area contributed by atoms with Crippen LogP contribution in [0.25, 0.3) is 0 Å². The first kappa shape index (κ1) is 15.0. The quantitative estimate of drug-likeness (QED) is 0.776. The molecule has 118 valence electrons. The van der Waals surface area contributed by atoms with Crippen molar-refractivity contribution in [1.82, 2.24) is 5.32 Å². The molecule has 0 heterocycles. The van der Waals surface area contributed by atoms with Crippen LogP contribution in [-0.4, -0.2) is 29.6 Å². The second-order valence-electron chi connectivity index (χ2n) is 6.14. The van der Waals surface area contributed by atoms with E-state index < -0.39 is 12.1 Å². The fourth-order valence-electron chi connectivity index (χ4n) is 3.43. The number of fused-ring (bicyclic) bond motifs is 1. The number of hydrogen-bond donors (Lipinski definition) is 2. The Balaban J connectivity index is 1.37. The van der Waals surface area contributed by atoms with Crippen LogP contribution in [0.2, 0.25) is 0 Å². The summed E-state index contributed by atoms with van der Waals surface area (Å²) in [7, 11) is 0. The van der Waals surface area contributed by atoms with Crippen molar-refractivity contribution < 1.29 is 19.4 Å². The van der Waals surface area contributed by atoms with Crippen molar-refractivity contribution in [3.05, 3.63) is 35.9 Å². The summed E-state index contributed by atoms with van der Waals surface area (Å²) in [4.78, 5) is 23.6. The van der Waals surface area contributed by atoms with E-state index in [2.05, 4.69) is 5.32 Å². The lowest BCUT2D eigenvalue weighted by Crippen LogP contribution is -2.38. The average Bonchev–Trinajstić information content (AvgIpc) is 3.03. The number of aliphatic hydroxyl groups excluding tert-OH is 1. The highest BCUT2D eigenvalue weighted by Gasteiger charge is 2.56. The first-order chi connectivity index (χ1) is 10.7. The molecule has 0 unspecified atom stereocenters. The monoisotopic (exact) mass is 303 g/mol. The Labute approximate surface area is 129 Å². The molecule has 3 atom stereocenters. The number of esters is 1. The Bertz CT molecular complexity index is 535. The molecule has 22 heavy (non-hydrogen) atoms. The summed E-state index contributed by atoms with van der Waals surface area (Å²) in [5.74, 6) is 0.412. The number of ether oxygens (including phenoxy) is 1. The van der Waals surface area contributed by atoms with E-state index >= 15 is 0 Å². The molecule has 0 radical (unpaired) electrons. The van der Waals surface area contributed by atoms with Gasteiger partial charge < -0.3 is 15.2 Å². The lowest BCUT2D eigenvalue weighted by atomic mass is 10.1. The predicted octanol–water partition coefficient (Wildman–Crippen LogP) is 1.25. The second kappa shape index (κ2) is 6.48. The van der Waals surface area contributed by atoms with Crippen LogP contribution in [-0.2, 0) is 20.9 Å². The van der Waals surface area contributed by atoms with Crippen molar-refractivity contribution in [2.75, 3.05) is 6.54 Å². The lowest BCUT2D eigenvalue weighted by molar-refractivity contribution is -0.154. The van der Waals surface area contributed by atoms with Gasteiger partial charge in [0.1, 0.15) is 6.61 Å². The number of aliphatic hydroxyl groups is 1. The first-order valence-corrected chi connectivity index (χ1v) is 7.83. The Morgan fingerprint density at radius 3 is 2.59 bits per heavy atom. The maximum Gasteiger partial charge on any atom is 0.337 e. The summed E-state index contributed by atoms with van der Waals surface area (Å²) in [6.07, 6.45) is 2.16. The molecule has 1 aromatic rings. The van der Waals surface area contributed by atoms with Gasteiger partial charge in [-0.1, -0.05) is 36.8 Å². The van der Waals surface area contributed by atoms with Crippen LogP contribution in [0, 0.1) is 17.8 Å². The Hall–Kier alpha value is -1.88. The van der Waals surface area contributed by atoms with Gasteiger partial charge in [0.05, 0.1) is 6.54 Å². The molecule has 5 nitrogen and oxygen atoms in total. The fourth-order valence-corrected chi connectivity index (χ4v) is 3.43. The molecule has 0 bridgehead atoms. The van der Waals surface area contributed by atoms with Crippen LogP contribution in [0.15, 0.2) is 30.3 Å². The van der Waals surface area contributed by atoms with Gasteiger partial charge in [0.25, 0.3) is 0 Å². The zero-order valence-corrected chi connectivity index (χ0v) is 12.4. The van der Waals surface area contributed by atoms with Crippen molar-refractivity contribution in [3.63, 3.8) is 0 Å². The van der Waals surface area contributed by atoms with Crippen LogP contribution in [0.1, 0.15) is 24.8 Å². The molecule has 0 aromatic heterocycles. The Morgan fingerprint density at radius 1 is 1.23 bits per heavy atom. The number of carbonyl (C=O) groups excluding carboxylic acids is 2. The van der Waals surface area contributed by atoms with Crippen molar-refractivity contribution in [2.45, 2.75) is 32.0 Å². The zero-order chi connectivity index (χ0) is 15.5. The summed E-state index contributed by atoms with van der Waals surface area (Å²) in [5.41, 5.74) is 0.859. The summed E-state index contributed by atoms with van der Waals surface area (Å²) < 4.78 is 5.03. The van der Waals surface area contributed by atoms with Gasteiger partial charge >= 0.3 is 5.97 Å². The second-order valence-corrected chi connectivity index (χ2v) is 6.14. The smallest absolute Gasteiger partial charge is 0.337 e. The molecule has 2 saturated carbocycles. The van der Waals surface area contributed by atoms with Crippen LogP contribution in [0.5, 0.6) is 0 Å². The molecule has 2 aliphatic rings. The number of amides is 1. The molecule has 2 aliphatic carbocycles. The third kappa shape index (κ3) is 3.30. The summed E-state index contributed by atoms with van der Waals surface area (Å²) in [6.45, 7) is 0.0415. The molecule has 0 saturated heterocycles. The largest absolute Gasteiger partial charge is 0.459 e. The van der Waals surface area contributed by atoms with E-state index in [4.69, 9.17) is 4.74 Å². The summed E-state index contributed by atoms with van der Waals surface area (Å²) >= 11 is 0. The lowest BCUT2D eigenvalue weighted by Gasteiger charge is -2.12. The topological polar surface area (TPSA) is 75.6 Å². The van der Waals surface area contributed by atoms with Gasteiger partial charge in [0.15, 0.2) is 6.10 Å². The standard InChI is InChI=1S/C17H21NO4/c19-14(17(21)22-10-11-5-2-1-3-6-11)9-18-16(20)15-12-7-4-8-13(12)15/h1-3,5-6,12-15,19H,4,7-10H2,(H,18,20)/t12-,13-,14+/m0/s1. The van der Waals surface area contributed by atoms with Gasteiger partial charge in [0.2, 0.25) is 5.91 Å². The molecule has 2 N–H and O–H groups in total. The maximum atomic E-state index is 12.0. The van der Waals surface area contributed by atoms with Crippen molar-refractivity contribution in [3.8, 4) is 0 Å². The molecular formula is C17H21NO4. The number of hydrogen-bond acceptors (Lipinski definition) is 4. The third-order valence-corrected chi connectivity index (χ3v) is 4.67. The molecule has 1 amide bonds. The van der Waals surface area contributed by atoms with E-state index in [1.54, 1.807) is 0 Å². The number of carbonyl (C=O) groups is 2. The van der Waals surface area contributed by atoms with Crippen molar-refractivity contribution in [1.29, 1.82) is 0 Å². The molecule has 3 rings (SSSR count). The minimum Gasteiger partial charge on any atom is -0.459 e. The molecule has 2 fully saturated rings. The van der Waals surface area contributed by atoms with E-state index in [0.717, 1.165) is 18.4 Å². The molecule has 0 spiro atoms.